The van der Waals surface area contributed by atoms with Crippen LogP contribution in [-0.2, 0) is 4.79 Å². The molecule has 1 aromatic carbocycles. The molecule has 1 amide bonds. The molecule has 0 aliphatic carbocycles. The van der Waals surface area contributed by atoms with E-state index in [9.17, 15) is 9.18 Å². The summed E-state index contributed by atoms with van der Waals surface area (Å²) >= 11 is 1.67. The number of hydrogen-bond acceptors (Lipinski definition) is 4. The quantitative estimate of drug-likeness (QED) is 0.883. The number of nitrogens with one attached hydrogen (secondary N) is 2. The summed E-state index contributed by atoms with van der Waals surface area (Å²) in [6.45, 7) is 1.75. The topological polar surface area (TPSA) is 50.4 Å². The van der Waals surface area contributed by atoms with Crippen LogP contribution in [0.4, 0.5) is 4.39 Å². The Balaban J connectivity index is 2.11. The van der Waals surface area contributed by atoms with Crippen LogP contribution in [0.15, 0.2) is 18.2 Å². The molecule has 1 aliphatic heterocycles. The zero-order valence-electron chi connectivity index (χ0n) is 10.9. The van der Waals surface area contributed by atoms with E-state index in [1.807, 2.05) is 0 Å². The molecule has 6 heteroatoms. The number of thioether (sulfide) groups is 1. The van der Waals surface area contributed by atoms with Crippen molar-refractivity contribution in [1.82, 2.24) is 10.6 Å². The summed E-state index contributed by atoms with van der Waals surface area (Å²) in [6, 6.07) is 4.00. The molecule has 0 spiro atoms. The van der Waals surface area contributed by atoms with Gasteiger partial charge >= 0.3 is 0 Å². The van der Waals surface area contributed by atoms with Crippen molar-refractivity contribution < 1.29 is 13.9 Å². The van der Waals surface area contributed by atoms with Gasteiger partial charge in [0.25, 0.3) is 0 Å². The molecule has 19 heavy (non-hydrogen) atoms. The van der Waals surface area contributed by atoms with Crippen LogP contribution in [0.1, 0.15) is 18.5 Å². The smallest absolute Gasteiger partial charge is 0.238 e. The standard InChI is InChI=1S/C13H17FN2O2S/c1-8(16-13(17)10-6-19-7-15-10)12-9(14)4-3-5-11(12)18-2/h3-5,8,10,15H,6-7H2,1-2H3,(H,16,17)/t8-,10+/m0/s1. The van der Waals surface area contributed by atoms with Crippen molar-refractivity contribution in [2.75, 3.05) is 18.7 Å². The number of halogens is 1. The zero-order chi connectivity index (χ0) is 13.8. The highest BCUT2D eigenvalue weighted by molar-refractivity contribution is 7.99. The molecule has 1 aromatic rings. The first-order valence-corrected chi connectivity index (χ1v) is 7.23. The van der Waals surface area contributed by atoms with E-state index < -0.39 is 6.04 Å². The molecule has 2 rings (SSSR count). The van der Waals surface area contributed by atoms with E-state index in [0.717, 1.165) is 11.6 Å². The number of amides is 1. The number of ether oxygens (including phenoxy) is 1. The summed E-state index contributed by atoms with van der Waals surface area (Å²) in [4.78, 5) is 12.0. The molecule has 0 unspecified atom stereocenters. The summed E-state index contributed by atoms with van der Waals surface area (Å²) in [5, 5.41) is 5.90. The second-order valence-electron chi connectivity index (χ2n) is 4.36. The minimum atomic E-state index is -0.434. The fraction of sp³-hybridized carbons (Fsp3) is 0.462. The summed E-state index contributed by atoms with van der Waals surface area (Å²) in [5.41, 5.74) is 0.379. The van der Waals surface area contributed by atoms with E-state index in [0.29, 0.717) is 11.3 Å². The highest BCUT2D eigenvalue weighted by Gasteiger charge is 2.25. The van der Waals surface area contributed by atoms with Crippen LogP contribution in [-0.4, -0.2) is 30.7 Å². The molecule has 2 N–H and O–H groups in total. The molecular formula is C13H17FN2O2S. The fourth-order valence-electron chi connectivity index (χ4n) is 2.07. The van der Waals surface area contributed by atoms with Crippen LogP contribution < -0.4 is 15.4 Å². The molecule has 0 saturated carbocycles. The Bertz CT molecular complexity index is 464. The van der Waals surface area contributed by atoms with Crippen molar-refractivity contribution in [3.05, 3.63) is 29.6 Å². The predicted molar refractivity (Wildman–Crippen MR) is 73.8 cm³/mol. The summed E-state index contributed by atoms with van der Waals surface area (Å²) in [7, 11) is 1.49. The molecule has 4 nitrogen and oxygen atoms in total. The third-order valence-corrected chi connectivity index (χ3v) is 4.00. The Kier molecular flexibility index (Phi) is 4.66. The van der Waals surface area contributed by atoms with Gasteiger partial charge in [0, 0.05) is 11.6 Å². The van der Waals surface area contributed by atoms with Gasteiger partial charge in [-0.3, -0.25) is 10.1 Å². The number of rotatable bonds is 4. The lowest BCUT2D eigenvalue weighted by Gasteiger charge is -2.19. The third-order valence-electron chi connectivity index (χ3n) is 3.06. The Hall–Kier alpha value is -1.27. The first-order chi connectivity index (χ1) is 9.13. The maximum atomic E-state index is 13.9. The van der Waals surface area contributed by atoms with Gasteiger partial charge < -0.3 is 10.1 Å². The number of methoxy groups -OCH3 is 1. The molecular weight excluding hydrogens is 267 g/mol. The van der Waals surface area contributed by atoms with Gasteiger partial charge in [0.2, 0.25) is 5.91 Å². The van der Waals surface area contributed by atoms with Crippen LogP contribution in [0.25, 0.3) is 0 Å². The van der Waals surface area contributed by atoms with Gasteiger partial charge in [0.05, 0.1) is 24.8 Å². The zero-order valence-corrected chi connectivity index (χ0v) is 11.7. The molecule has 2 atom stereocenters. The van der Waals surface area contributed by atoms with Crippen molar-refractivity contribution in [1.29, 1.82) is 0 Å². The van der Waals surface area contributed by atoms with E-state index in [2.05, 4.69) is 10.6 Å². The molecule has 0 bridgehead atoms. The van der Waals surface area contributed by atoms with Crippen molar-refractivity contribution in [2.45, 2.75) is 19.0 Å². The third kappa shape index (κ3) is 3.19. The van der Waals surface area contributed by atoms with E-state index in [1.54, 1.807) is 30.8 Å². The SMILES string of the molecule is COc1cccc(F)c1[C@H](C)NC(=O)[C@H]1CSCN1. The Morgan fingerprint density at radius 3 is 3.05 bits per heavy atom. The summed E-state index contributed by atoms with van der Waals surface area (Å²) < 4.78 is 19.0. The first kappa shape index (κ1) is 14.1. The first-order valence-electron chi connectivity index (χ1n) is 6.07. The molecule has 1 saturated heterocycles. The van der Waals surface area contributed by atoms with Crippen molar-refractivity contribution >= 4 is 17.7 Å². The molecule has 0 aromatic heterocycles. The lowest BCUT2D eigenvalue weighted by atomic mass is 10.1. The van der Waals surface area contributed by atoms with Gasteiger partial charge in [-0.1, -0.05) is 6.07 Å². The van der Waals surface area contributed by atoms with Gasteiger partial charge in [0.1, 0.15) is 11.6 Å². The van der Waals surface area contributed by atoms with Gasteiger partial charge in [0.15, 0.2) is 0 Å². The van der Waals surface area contributed by atoms with E-state index >= 15 is 0 Å². The molecule has 1 aliphatic rings. The number of benzene rings is 1. The van der Waals surface area contributed by atoms with E-state index in [-0.39, 0.29) is 17.8 Å². The lowest BCUT2D eigenvalue weighted by molar-refractivity contribution is -0.123. The normalized spacial score (nSPS) is 20.1. The van der Waals surface area contributed by atoms with Crippen molar-refractivity contribution in [2.24, 2.45) is 0 Å². The molecule has 1 heterocycles. The van der Waals surface area contributed by atoms with Crippen LogP contribution in [0.3, 0.4) is 0 Å². The van der Waals surface area contributed by atoms with Crippen LogP contribution in [0.5, 0.6) is 5.75 Å². The summed E-state index contributed by atoms with van der Waals surface area (Å²) in [6.07, 6.45) is 0. The van der Waals surface area contributed by atoms with Gasteiger partial charge in [-0.15, -0.1) is 11.8 Å². The number of carbonyl (C=O) groups excluding carboxylic acids is 1. The predicted octanol–water partition coefficient (Wildman–Crippen LogP) is 1.67. The van der Waals surface area contributed by atoms with Gasteiger partial charge in [-0.05, 0) is 19.1 Å². The molecule has 1 fully saturated rings. The van der Waals surface area contributed by atoms with Crippen LogP contribution in [0.2, 0.25) is 0 Å². The van der Waals surface area contributed by atoms with E-state index in [1.165, 1.54) is 13.2 Å². The largest absolute Gasteiger partial charge is 0.496 e. The second kappa shape index (κ2) is 6.25. The highest BCUT2D eigenvalue weighted by atomic mass is 32.2. The number of hydrogen-bond donors (Lipinski definition) is 2. The maximum absolute atomic E-state index is 13.9. The Morgan fingerprint density at radius 2 is 2.42 bits per heavy atom. The average Bonchev–Trinajstić information content (AvgIpc) is 2.92. The second-order valence-corrected chi connectivity index (χ2v) is 5.39. The van der Waals surface area contributed by atoms with Crippen molar-refractivity contribution in [3.8, 4) is 5.75 Å². The van der Waals surface area contributed by atoms with E-state index in [4.69, 9.17) is 4.74 Å². The fourth-order valence-corrected chi connectivity index (χ4v) is 3.01. The van der Waals surface area contributed by atoms with Gasteiger partial charge in [-0.2, -0.15) is 0 Å². The minimum Gasteiger partial charge on any atom is -0.496 e. The van der Waals surface area contributed by atoms with Crippen molar-refractivity contribution in [3.63, 3.8) is 0 Å². The average molecular weight is 284 g/mol. The lowest BCUT2D eigenvalue weighted by Crippen LogP contribution is -2.43. The Labute approximate surface area is 116 Å². The van der Waals surface area contributed by atoms with Gasteiger partial charge in [-0.25, -0.2) is 4.39 Å². The van der Waals surface area contributed by atoms with Crippen LogP contribution >= 0.6 is 11.8 Å². The van der Waals surface area contributed by atoms with Crippen LogP contribution in [0, 0.1) is 5.82 Å². The minimum absolute atomic E-state index is 0.109. The molecule has 104 valence electrons. The Morgan fingerprint density at radius 1 is 1.63 bits per heavy atom. The maximum Gasteiger partial charge on any atom is 0.238 e. The summed E-state index contributed by atoms with van der Waals surface area (Å²) in [5.74, 6) is 1.48. The molecule has 0 radical (unpaired) electrons. The highest BCUT2D eigenvalue weighted by Crippen LogP contribution is 2.27. The number of carbonyl (C=O) groups is 1. The monoisotopic (exact) mass is 284 g/mol.